The van der Waals surface area contributed by atoms with Gasteiger partial charge in [-0.25, -0.2) is 0 Å². The summed E-state index contributed by atoms with van der Waals surface area (Å²) in [6.45, 7) is 4.89. The molecule has 0 aromatic heterocycles. The first-order chi connectivity index (χ1) is 13.7. The minimum atomic E-state index is -0.934. The van der Waals surface area contributed by atoms with Crippen LogP contribution in [0.4, 0.5) is 0 Å². The molecule has 0 atom stereocenters. The van der Waals surface area contributed by atoms with Gasteiger partial charge in [0.05, 0.1) is 8.80 Å². The molecule has 0 amide bonds. The van der Waals surface area contributed by atoms with Crippen molar-refractivity contribution in [1.82, 2.24) is 0 Å². The second-order valence-corrected chi connectivity index (χ2v) is 10.9. The predicted octanol–water partition coefficient (Wildman–Crippen LogP) is 7.26. The molecule has 0 N–H and O–H groups in total. The van der Waals surface area contributed by atoms with Crippen LogP contribution in [0.2, 0.25) is 13.1 Å². The Kier molecular flexibility index (Phi) is 4.25. The average molecular weight is 377 g/mol. The number of hydrogen-bond acceptors (Lipinski definition) is 0. The highest BCUT2D eigenvalue weighted by atomic mass is 28.3. The maximum Gasteiger partial charge on any atom is 0.0651 e. The molecule has 0 unspecified atom stereocenters. The van der Waals surface area contributed by atoms with Gasteiger partial charge in [0, 0.05) is 0 Å². The molecule has 0 aliphatic heterocycles. The monoisotopic (exact) mass is 376 g/mol. The number of allylic oxidation sites excluding steroid dienone is 4. The highest BCUT2D eigenvalue weighted by molar-refractivity contribution is 6.68. The summed E-state index contributed by atoms with van der Waals surface area (Å²) in [6.07, 6.45) is 3.54. The summed E-state index contributed by atoms with van der Waals surface area (Å²) in [6, 6.07) is 31.0. The molecule has 136 valence electrons. The molecule has 0 saturated carbocycles. The Balaban J connectivity index is 1.91. The number of rotatable bonds is 3. The van der Waals surface area contributed by atoms with Crippen LogP contribution in [-0.4, -0.2) is 8.80 Å². The molecular weight excluding hydrogens is 352 g/mol. The molecule has 1 aliphatic rings. The van der Waals surface area contributed by atoms with Gasteiger partial charge in [-0.2, -0.15) is 0 Å². The summed E-state index contributed by atoms with van der Waals surface area (Å²) >= 11 is 0. The van der Waals surface area contributed by atoms with Gasteiger partial charge in [0.2, 0.25) is 0 Å². The molecule has 4 aromatic rings. The molecule has 0 nitrogen and oxygen atoms in total. The quantitative estimate of drug-likeness (QED) is 0.261. The summed E-state index contributed by atoms with van der Waals surface area (Å²) in [5.74, 6) is 0. The molecule has 0 heterocycles. The Hall–Kier alpha value is -2.90. The Bertz CT molecular complexity index is 1190. The zero-order valence-electron chi connectivity index (χ0n) is 16.4. The van der Waals surface area contributed by atoms with Crippen molar-refractivity contribution in [2.24, 2.45) is 0 Å². The third kappa shape index (κ3) is 2.74. The fraction of sp³-hybridized carbons (Fsp3) is 0.111. The van der Waals surface area contributed by atoms with Crippen molar-refractivity contribution >= 4 is 41.5 Å². The minimum absolute atomic E-state index is 0.934. The van der Waals surface area contributed by atoms with Gasteiger partial charge in [-0.3, -0.25) is 0 Å². The van der Waals surface area contributed by atoms with E-state index in [9.17, 15) is 0 Å². The highest BCUT2D eigenvalue weighted by Gasteiger charge is 2.25. The van der Waals surface area contributed by atoms with Crippen molar-refractivity contribution in [3.05, 3.63) is 107 Å². The third-order valence-corrected chi connectivity index (χ3v) is 7.64. The molecule has 4 aromatic carbocycles. The van der Waals surface area contributed by atoms with Crippen LogP contribution >= 0.6 is 0 Å². The lowest BCUT2D eigenvalue weighted by Gasteiger charge is -2.18. The Morgan fingerprint density at radius 2 is 1.25 bits per heavy atom. The van der Waals surface area contributed by atoms with Crippen LogP contribution in [-0.2, 0) is 0 Å². The van der Waals surface area contributed by atoms with Crippen molar-refractivity contribution in [1.29, 1.82) is 0 Å². The van der Waals surface area contributed by atoms with Gasteiger partial charge in [0.25, 0.3) is 0 Å². The molecule has 1 heteroatoms. The minimum Gasteiger partial charge on any atom is -0.0806 e. The van der Waals surface area contributed by atoms with Crippen molar-refractivity contribution in [2.45, 2.75) is 19.5 Å². The molecular formula is C27H24Si. The van der Waals surface area contributed by atoms with E-state index in [0.29, 0.717) is 0 Å². The SMILES string of the molecule is C[SiH](C)C1=CCC(c2c3ccccc3cc3ccccc23)=C1c1ccccc1. The van der Waals surface area contributed by atoms with E-state index >= 15 is 0 Å². The fourth-order valence-corrected chi connectivity index (χ4v) is 6.13. The van der Waals surface area contributed by atoms with E-state index in [-0.39, 0.29) is 0 Å². The van der Waals surface area contributed by atoms with Crippen LogP contribution in [0.5, 0.6) is 0 Å². The van der Waals surface area contributed by atoms with Gasteiger partial charge in [0.15, 0.2) is 0 Å². The standard InChI is InChI=1S/C27H24Si/c1-28(2)25-17-16-24(26(25)19-10-4-3-5-11-19)27-22-14-8-6-12-20(22)18-21-13-7-9-15-23(21)27/h3-15,17-18,28H,16H2,1-2H3. The molecule has 0 radical (unpaired) electrons. The van der Waals surface area contributed by atoms with E-state index in [0.717, 1.165) is 6.42 Å². The summed E-state index contributed by atoms with van der Waals surface area (Å²) in [5, 5.41) is 6.99. The van der Waals surface area contributed by atoms with Crippen LogP contribution in [0.25, 0.3) is 32.7 Å². The lowest BCUT2D eigenvalue weighted by molar-refractivity contribution is 1.46. The molecule has 28 heavy (non-hydrogen) atoms. The summed E-state index contributed by atoms with van der Waals surface area (Å²) < 4.78 is 0. The van der Waals surface area contributed by atoms with Gasteiger partial charge in [-0.15, -0.1) is 0 Å². The second-order valence-electron chi connectivity index (χ2n) is 7.93. The van der Waals surface area contributed by atoms with Gasteiger partial charge in [-0.05, 0) is 56.3 Å². The van der Waals surface area contributed by atoms with Crippen molar-refractivity contribution < 1.29 is 0 Å². The smallest absolute Gasteiger partial charge is 0.0651 e. The van der Waals surface area contributed by atoms with Crippen molar-refractivity contribution in [2.75, 3.05) is 0 Å². The van der Waals surface area contributed by atoms with Crippen molar-refractivity contribution in [3.63, 3.8) is 0 Å². The van der Waals surface area contributed by atoms with E-state index in [1.807, 2.05) is 0 Å². The largest absolute Gasteiger partial charge is 0.0806 e. The topological polar surface area (TPSA) is 0 Å². The Morgan fingerprint density at radius 3 is 1.86 bits per heavy atom. The van der Waals surface area contributed by atoms with Gasteiger partial charge in [-0.1, -0.05) is 103 Å². The van der Waals surface area contributed by atoms with Crippen LogP contribution in [0.1, 0.15) is 17.5 Å². The maximum atomic E-state index is 2.51. The lowest BCUT2D eigenvalue weighted by Crippen LogP contribution is -2.06. The van der Waals surface area contributed by atoms with Crippen LogP contribution in [0, 0.1) is 0 Å². The maximum absolute atomic E-state index is 2.51. The summed E-state index contributed by atoms with van der Waals surface area (Å²) in [7, 11) is -0.934. The van der Waals surface area contributed by atoms with Gasteiger partial charge in [0.1, 0.15) is 0 Å². The van der Waals surface area contributed by atoms with Gasteiger partial charge < -0.3 is 0 Å². The van der Waals surface area contributed by atoms with Crippen LogP contribution < -0.4 is 0 Å². The molecule has 0 fully saturated rings. The van der Waals surface area contributed by atoms with E-state index < -0.39 is 8.80 Å². The number of fused-ring (bicyclic) bond motifs is 2. The lowest BCUT2D eigenvalue weighted by atomic mass is 9.88. The van der Waals surface area contributed by atoms with Gasteiger partial charge >= 0.3 is 0 Å². The average Bonchev–Trinajstić information content (AvgIpc) is 3.17. The van der Waals surface area contributed by atoms with Crippen molar-refractivity contribution in [3.8, 4) is 0 Å². The zero-order valence-corrected chi connectivity index (χ0v) is 17.6. The third-order valence-electron chi connectivity index (χ3n) is 5.87. The molecule has 5 rings (SSSR count). The second kappa shape index (κ2) is 6.92. The predicted molar refractivity (Wildman–Crippen MR) is 126 cm³/mol. The molecule has 0 spiro atoms. The first kappa shape index (κ1) is 17.2. The van der Waals surface area contributed by atoms with Crippen LogP contribution in [0.15, 0.2) is 96.2 Å². The van der Waals surface area contributed by atoms with E-state index in [1.54, 1.807) is 5.20 Å². The number of benzene rings is 4. The zero-order chi connectivity index (χ0) is 19.1. The van der Waals surface area contributed by atoms with Crippen LogP contribution in [0.3, 0.4) is 0 Å². The summed E-state index contributed by atoms with van der Waals surface area (Å²) in [4.78, 5) is 0. The highest BCUT2D eigenvalue weighted by Crippen LogP contribution is 2.45. The van der Waals surface area contributed by atoms with E-state index in [2.05, 4.69) is 104 Å². The molecule has 1 aliphatic carbocycles. The molecule has 0 bridgehead atoms. The Labute approximate surface area is 168 Å². The first-order valence-electron chi connectivity index (χ1n) is 10.1. The fourth-order valence-electron chi connectivity index (χ4n) is 4.63. The normalized spacial score (nSPS) is 14.3. The first-order valence-corrected chi connectivity index (χ1v) is 13.0. The molecule has 0 saturated heterocycles. The Morgan fingerprint density at radius 1 is 0.679 bits per heavy atom. The van der Waals surface area contributed by atoms with E-state index in [1.165, 1.54) is 43.8 Å². The summed E-state index contributed by atoms with van der Waals surface area (Å²) in [5.41, 5.74) is 5.77. The number of hydrogen-bond donors (Lipinski definition) is 0. The van der Waals surface area contributed by atoms with E-state index in [4.69, 9.17) is 0 Å².